The van der Waals surface area contributed by atoms with E-state index in [4.69, 9.17) is 21.3 Å². The lowest BCUT2D eigenvalue weighted by Gasteiger charge is -2.37. The predicted octanol–water partition coefficient (Wildman–Crippen LogP) is 6.53. The van der Waals surface area contributed by atoms with Gasteiger partial charge in [-0.25, -0.2) is 19.6 Å². The number of ether oxygens (including phenoxy) is 1. The number of benzene rings is 2. The number of hydrogen-bond donors (Lipinski definition) is 1. The number of nitrogens with one attached hydrogen (secondary N) is 1. The minimum atomic E-state index is -0.568. The maximum absolute atomic E-state index is 13.8. The Kier molecular flexibility index (Phi) is 10.7. The number of fused-ring (bicyclic) bond motifs is 1. The summed E-state index contributed by atoms with van der Waals surface area (Å²) in [6.07, 6.45) is 5.34. The van der Waals surface area contributed by atoms with E-state index in [1.807, 2.05) is 92.0 Å². The summed E-state index contributed by atoms with van der Waals surface area (Å²) in [5.41, 5.74) is 3.65. The van der Waals surface area contributed by atoms with Gasteiger partial charge in [-0.05, 0) is 57.7 Å². The molecule has 0 atom stereocenters. The molecule has 4 amide bonds. The molecule has 13 heteroatoms. The second-order valence-corrected chi connectivity index (χ2v) is 14.6. The van der Waals surface area contributed by atoms with Gasteiger partial charge in [0.1, 0.15) is 29.9 Å². The number of amides is 4. The summed E-state index contributed by atoms with van der Waals surface area (Å²) in [5, 5.41) is 4.45. The van der Waals surface area contributed by atoms with Crippen LogP contribution in [-0.2, 0) is 22.5 Å². The highest BCUT2D eigenvalue weighted by molar-refractivity contribution is 6.33. The monoisotopic (exact) mass is 714 g/mol. The van der Waals surface area contributed by atoms with Crippen molar-refractivity contribution < 1.29 is 19.1 Å². The lowest BCUT2D eigenvalue weighted by atomic mass is 10.0. The van der Waals surface area contributed by atoms with Crippen LogP contribution in [0.15, 0.2) is 61.1 Å². The number of para-hydroxylation sites is 1. The number of rotatable bonds is 7. The Morgan fingerprint density at radius 3 is 2.29 bits per heavy atom. The van der Waals surface area contributed by atoms with Gasteiger partial charge in [-0.3, -0.25) is 4.79 Å². The molecule has 4 aromatic rings. The van der Waals surface area contributed by atoms with E-state index < -0.39 is 5.60 Å². The highest BCUT2D eigenvalue weighted by Gasteiger charge is 2.31. The number of nitrogens with zero attached hydrogens (tertiary/aromatic N) is 7. The Bertz CT molecular complexity index is 1890. The molecule has 270 valence electrons. The molecule has 0 unspecified atom stereocenters. The van der Waals surface area contributed by atoms with Crippen LogP contribution in [0.4, 0.5) is 21.1 Å². The smallest absolute Gasteiger partial charge is 0.410 e. The minimum absolute atomic E-state index is 0.0214. The van der Waals surface area contributed by atoms with Gasteiger partial charge in [-0.15, -0.1) is 0 Å². The molecule has 51 heavy (non-hydrogen) atoms. The highest BCUT2D eigenvalue weighted by Crippen LogP contribution is 2.39. The molecule has 4 heterocycles. The van der Waals surface area contributed by atoms with Gasteiger partial charge in [0.25, 0.3) is 0 Å². The van der Waals surface area contributed by atoms with Gasteiger partial charge in [0.15, 0.2) is 0 Å². The number of piperazine rings is 1. The van der Waals surface area contributed by atoms with E-state index in [0.29, 0.717) is 62.8 Å². The van der Waals surface area contributed by atoms with Crippen LogP contribution in [0.2, 0.25) is 5.02 Å². The molecular formula is C38H47ClN8O4. The predicted molar refractivity (Wildman–Crippen MR) is 200 cm³/mol. The standard InChI is InChI=1S/C38H47ClN8O4/c1-6-26-11-7-10-14-31(26)42-36(49)43(5)27-15-17-44(18-16-27)32(48)24-47-23-29(28-12-8-9-13-30(28)39)33-34(40-25-41-35(33)47)45-19-21-46(22-20-45)37(50)51-38(2,3)4/h7-14,23,25,27H,6,15-22,24H2,1-5H3,(H,42,49). The molecule has 2 aromatic heterocycles. The first kappa shape index (κ1) is 36.0. The SMILES string of the molecule is CCc1ccccc1NC(=O)N(C)C1CCN(C(=O)Cn2cc(-c3ccccc3Cl)c3c(N4CCN(C(=O)OC(C)(C)C)CC4)ncnc32)CC1. The van der Waals surface area contributed by atoms with E-state index in [2.05, 4.69) is 22.1 Å². The first-order valence-electron chi connectivity index (χ1n) is 17.6. The van der Waals surface area contributed by atoms with E-state index >= 15 is 0 Å². The molecule has 2 aliphatic rings. The van der Waals surface area contributed by atoms with E-state index in [1.165, 1.54) is 6.33 Å². The number of likely N-dealkylation sites (tertiary alicyclic amines) is 1. The Morgan fingerprint density at radius 1 is 0.922 bits per heavy atom. The topological polar surface area (TPSA) is 116 Å². The van der Waals surface area contributed by atoms with Gasteiger partial charge in [0, 0.05) is 80.4 Å². The van der Waals surface area contributed by atoms with Crippen LogP contribution in [0.5, 0.6) is 0 Å². The second-order valence-electron chi connectivity index (χ2n) is 14.2. The van der Waals surface area contributed by atoms with Crippen molar-refractivity contribution in [2.75, 3.05) is 56.5 Å². The van der Waals surface area contributed by atoms with Crippen LogP contribution in [0.3, 0.4) is 0 Å². The second kappa shape index (κ2) is 15.2. The lowest BCUT2D eigenvalue weighted by molar-refractivity contribution is -0.133. The number of urea groups is 1. The van der Waals surface area contributed by atoms with Crippen molar-refractivity contribution in [3.05, 3.63) is 71.6 Å². The average molecular weight is 715 g/mol. The van der Waals surface area contributed by atoms with Crippen molar-refractivity contribution >= 4 is 52.2 Å². The number of aromatic nitrogens is 3. The Hall–Kier alpha value is -4.84. The highest BCUT2D eigenvalue weighted by atomic mass is 35.5. The fourth-order valence-electron chi connectivity index (χ4n) is 6.85. The number of anilines is 2. The molecule has 0 saturated carbocycles. The quantitative estimate of drug-likeness (QED) is 0.232. The van der Waals surface area contributed by atoms with Crippen LogP contribution in [0.25, 0.3) is 22.2 Å². The van der Waals surface area contributed by atoms with Crippen molar-refractivity contribution in [3.63, 3.8) is 0 Å². The third kappa shape index (κ3) is 8.06. The van der Waals surface area contributed by atoms with Gasteiger partial charge >= 0.3 is 12.1 Å². The van der Waals surface area contributed by atoms with Gasteiger partial charge in [0.05, 0.1) is 5.39 Å². The van der Waals surface area contributed by atoms with Crippen molar-refractivity contribution in [1.82, 2.24) is 29.2 Å². The van der Waals surface area contributed by atoms with Crippen LogP contribution in [0.1, 0.15) is 46.1 Å². The fourth-order valence-corrected chi connectivity index (χ4v) is 7.08. The lowest BCUT2D eigenvalue weighted by Crippen LogP contribution is -2.50. The summed E-state index contributed by atoms with van der Waals surface area (Å²) < 4.78 is 7.48. The summed E-state index contributed by atoms with van der Waals surface area (Å²) >= 11 is 6.73. The first-order chi connectivity index (χ1) is 24.4. The summed E-state index contributed by atoms with van der Waals surface area (Å²) in [6.45, 7) is 10.9. The largest absolute Gasteiger partial charge is 0.444 e. The maximum Gasteiger partial charge on any atom is 0.410 e. The molecular weight excluding hydrogens is 668 g/mol. The Labute approximate surface area is 304 Å². The molecule has 0 aliphatic carbocycles. The number of carbonyl (C=O) groups excluding carboxylic acids is 3. The average Bonchev–Trinajstić information content (AvgIpc) is 3.49. The van der Waals surface area contributed by atoms with Crippen molar-refractivity contribution in [2.45, 2.75) is 65.1 Å². The molecule has 0 spiro atoms. The molecule has 2 saturated heterocycles. The summed E-state index contributed by atoms with van der Waals surface area (Å²) in [7, 11) is 1.82. The number of halogens is 1. The molecule has 12 nitrogen and oxygen atoms in total. The van der Waals surface area contributed by atoms with Gasteiger partial charge in [-0.1, -0.05) is 54.9 Å². The zero-order valence-corrected chi connectivity index (χ0v) is 30.8. The van der Waals surface area contributed by atoms with E-state index in [-0.39, 0.29) is 30.6 Å². The number of hydrogen-bond acceptors (Lipinski definition) is 7. The first-order valence-corrected chi connectivity index (χ1v) is 18.0. The van der Waals surface area contributed by atoms with Gasteiger partial charge in [-0.2, -0.15) is 0 Å². The van der Waals surface area contributed by atoms with Crippen LogP contribution >= 0.6 is 11.6 Å². The third-order valence-electron chi connectivity index (χ3n) is 9.66. The Morgan fingerprint density at radius 2 is 1.61 bits per heavy atom. The summed E-state index contributed by atoms with van der Waals surface area (Å²) in [6, 6.07) is 15.3. The van der Waals surface area contributed by atoms with Crippen LogP contribution in [0, 0.1) is 0 Å². The molecule has 6 rings (SSSR count). The number of carbonyl (C=O) groups is 3. The third-order valence-corrected chi connectivity index (χ3v) is 9.99. The normalized spacial score (nSPS) is 15.6. The Balaban J connectivity index is 1.17. The zero-order chi connectivity index (χ0) is 36.3. The van der Waals surface area contributed by atoms with E-state index in [0.717, 1.165) is 40.0 Å². The van der Waals surface area contributed by atoms with Crippen LogP contribution < -0.4 is 10.2 Å². The van der Waals surface area contributed by atoms with E-state index in [9.17, 15) is 14.4 Å². The molecule has 2 aromatic carbocycles. The minimum Gasteiger partial charge on any atom is -0.444 e. The van der Waals surface area contributed by atoms with Crippen molar-refractivity contribution in [3.8, 4) is 11.1 Å². The zero-order valence-electron chi connectivity index (χ0n) is 30.1. The van der Waals surface area contributed by atoms with Crippen LogP contribution in [-0.4, -0.2) is 105 Å². The maximum atomic E-state index is 13.8. The summed E-state index contributed by atoms with van der Waals surface area (Å²) in [5.74, 6) is 0.708. The van der Waals surface area contributed by atoms with E-state index in [1.54, 1.807) is 9.80 Å². The fraction of sp³-hybridized carbons (Fsp3) is 0.447. The molecule has 1 N–H and O–H groups in total. The number of piperidine rings is 1. The molecule has 2 aliphatic heterocycles. The molecule has 0 bridgehead atoms. The molecule has 2 fully saturated rings. The molecule has 0 radical (unpaired) electrons. The van der Waals surface area contributed by atoms with Gasteiger partial charge < -0.3 is 34.2 Å². The van der Waals surface area contributed by atoms with Crippen molar-refractivity contribution in [2.24, 2.45) is 0 Å². The van der Waals surface area contributed by atoms with Gasteiger partial charge in [0.2, 0.25) is 5.91 Å². The van der Waals surface area contributed by atoms with Crippen molar-refractivity contribution in [1.29, 1.82) is 0 Å². The summed E-state index contributed by atoms with van der Waals surface area (Å²) in [4.78, 5) is 56.6. The number of aryl methyl sites for hydroxylation is 1.